The first-order valence-electron chi connectivity index (χ1n) is 9.71. The van der Waals surface area contributed by atoms with E-state index in [9.17, 15) is 4.79 Å². The molecule has 0 saturated heterocycles. The number of methoxy groups -OCH3 is 1. The fraction of sp³-hybridized carbons (Fsp3) is 0.208. The molecule has 0 unspecified atom stereocenters. The number of nitrogens with zero attached hydrogens (tertiary/aromatic N) is 1. The molecule has 4 aromatic rings. The van der Waals surface area contributed by atoms with Crippen LogP contribution in [-0.4, -0.2) is 17.6 Å². The van der Waals surface area contributed by atoms with Crippen molar-refractivity contribution in [1.82, 2.24) is 4.57 Å². The first-order chi connectivity index (χ1) is 14.4. The Kier molecular flexibility index (Phi) is 5.58. The zero-order chi connectivity index (χ0) is 21.4. The van der Waals surface area contributed by atoms with Crippen molar-refractivity contribution >= 4 is 38.9 Å². The molecule has 0 fully saturated rings. The first kappa shape index (κ1) is 20.5. The zero-order valence-electron chi connectivity index (χ0n) is 17.2. The first-order valence-corrected chi connectivity index (χ1v) is 10.9. The van der Waals surface area contributed by atoms with Crippen LogP contribution >= 0.6 is 22.9 Å². The van der Waals surface area contributed by atoms with Crippen LogP contribution in [0.2, 0.25) is 5.02 Å². The second-order valence-corrected chi connectivity index (χ2v) is 8.83. The maximum Gasteiger partial charge on any atom is 0.250 e. The van der Waals surface area contributed by atoms with Gasteiger partial charge in [0.05, 0.1) is 23.2 Å². The van der Waals surface area contributed by atoms with Crippen LogP contribution in [0, 0.1) is 13.8 Å². The number of aromatic nitrogens is 1. The minimum atomic E-state index is -0.404. The van der Waals surface area contributed by atoms with Gasteiger partial charge in [-0.2, -0.15) is 0 Å². The Morgan fingerprint density at radius 3 is 2.53 bits per heavy atom. The van der Waals surface area contributed by atoms with E-state index in [0.717, 1.165) is 51.0 Å². The summed E-state index contributed by atoms with van der Waals surface area (Å²) in [6.45, 7) is 4.80. The Morgan fingerprint density at radius 2 is 1.87 bits per heavy atom. The van der Waals surface area contributed by atoms with E-state index in [4.69, 9.17) is 22.1 Å². The molecular formula is C24H23ClN2O2S. The van der Waals surface area contributed by atoms with Crippen LogP contribution < -0.4 is 10.5 Å². The second-order valence-electron chi connectivity index (χ2n) is 7.34. The molecule has 2 aromatic heterocycles. The largest absolute Gasteiger partial charge is 0.497 e. The number of fused-ring (bicyclic) bond motifs is 1. The van der Waals surface area contributed by atoms with Crippen molar-refractivity contribution < 1.29 is 9.53 Å². The highest BCUT2D eigenvalue weighted by Gasteiger charge is 2.20. The van der Waals surface area contributed by atoms with Crippen molar-refractivity contribution in [3.63, 3.8) is 0 Å². The monoisotopic (exact) mass is 438 g/mol. The molecule has 30 heavy (non-hydrogen) atoms. The number of ether oxygens (including phenoxy) is 1. The summed E-state index contributed by atoms with van der Waals surface area (Å²) in [5.74, 6) is 0.436. The van der Waals surface area contributed by atoms with E-state index in [-0.39, 0.29) is 0 Å². The average molecular weight is 439 g/mol. The van der Waals surface area contributed by atoms with Crippen LogP contribution in [0.4, 0.5) is 0 Å². The summed E-state index contributed by atoms with van der Waals surface area (Å²) in [5, 5.41) is 1.86. The molecule has 0 aliphatic heterocycles. The molecule has 0 aliphatic rings. The number of hydrogen-bond donors (Lipinski definition) is 1. The third kappa shape index (κ3) is 3.71. The van der Waals surface area contributed by atoms with Gasteiger partial charge < -0.3 is 15.0 Å². The summed E-state index contributed by atoms with van der Waals surface area (Å²) in [6.07, 6.45) is 0.834. The van der Waals surface area contributed by atoms with Gasteiger partial charge in [0.25, 0.3) is 5.91 Å². The molecule has 1 amide bonds. The molecule has 2 N–H and O–H groups in total. The lowest BCUT2D eigenvalue weighted by Gasteiger charge is -2.12. The summed E-state index contributed by atoms with van der Waals surface area (Å²) in [4.78, 5) is 13.2. The van der Waals surface area contributed by atoms with Gasteiger partial charge in [0, 0.05) is 22.0 Å². The van der Waals surface area contributed by atoms with E-state index in [1.54, 1.807) is 18.4 Å². The van der Waals surface area contributed by atoms with E-state index in [2.05, 4.69) is 23.6 Å². The number of benzene rings is 2. The molecule has 2 heterocycles. The highest BCUT2D eigenvalue weighted by atomic mass is 35.5. The SMILES string of the molecule is COc1ccc(CCn2c(-c3sc4ccc(Cl)cc4c3C)cc(C(N)=O)c2C)cc1. The third-order valence-corrected chi connectivity index (χ3v) is 7.08. The molecule has 0 saturated carbocycles. The van der Waals surface area contributed by atoms with Crippen molar-refractivity contribution in [1.29, 1.82) is 0 Å². The van der Waals surface area contributed by atoms with Gasteiger partial charge in [0.15, 0.2) is 0 Å². The molecule has 6 heteroatoms. The molecule has 0 spiro atoms. The summed E-state index contributed by atoms with van der Waals surface area (Å²) >= 11 is 7.93. The molecule has 4 nitrogen and oxygen atoms in total. The van der Waals surface area contributed by atoms with Gasteiger partial charge in [-0.1, -0.05) is 23.7 Å². The predicted octanol–water partition coefficient (Wildman–Crippen LogP) is 5.99. The number of amides is 1. The Balaban J connectivity index is 1.77. The van der Waals surface area contributed by atoms with Gasteiger partial charge in [-0.15, -0.1) is 11.3 Å². The minimum absolute atomic E-state index is 0.404. The van der Waals surface area contributed by atoms with Gasteiger partial charge in [-0.3, -0.25) is 4.79 Å². The molecule has 4 rings (SSSR count). The van der Waals surface area contributed by atoms with E-state index in [1.165, 1.54) is 10.3 Å². The lowest BCUT2D eigenvalue weighted by molar-refractivity contribution is 0.0999. The zero-order valence-corrected chi connectivity index (χ0v) is 18.7. The average Bonchev–Trinajstić information content (AvgIpc) is 3.23. The maximum absolute atomic E-state index is 12.0. The van der Waals surface area contributed by atoms with E-state index in [0.29, 0.717) is 5.56 Å². The number of hydrogen-bond acceptors (Lipinski definition) is 3. The van der Waals surface area contributed by atoms with Crippen LogP contribution in [0.15, 0.2) is 48.5 Å². The smallest absolute Gasteiger partial charge is 0.250 e. The van der Waals surface area contributed by atoms with Crippen LogP contribution in [0.25, 0.3) is 20.7 Å². The van der Waals surface area contributed by atoms with E-state index in [1.807, 2.05) is 43.3 Å². The highest BCUT2D eigenvalue weighted by Crippen LogP contribution is 2.40. The Labute approximate surface area is 184 Å². The number of carbonyl (C=O) groups is 1. The quantitative estimate of drug-likeness (QED) is 0.402. The Morgan fingerprint density at radius 1 is 1.13 bits per heavy atom. The second kappa shape index (κ2) is 8.17. The number of aryl methyl sites for hydroxylation is 2. The Hall–Kier alpha value is -2.76. The van der Waals surface area contributed by atoms with E-state index >= 15 is 0 Å². The standard InChI is InChI=1S/C24H23ClN2O2S/c1-14-19-12-17(25)6-9-22(19)30-23(14)21-13-20(24(26)28)15(2)27(21)11-10-16-4-7-18(29-3)8-5-16/h4-9,12-13H,10-11H2,1-3H3,(H2,26,28). The van der Waals surface area contributed by atoms with Gasteiger partial charge in [0.1, 0.15) is 5.75 Å². The van der Waals surface area contributed by atoms with Crippen molar-refractivity contribution in [2.24, 2.45) is 5.73 Å². The molecular weight excluding hydrogens is 416 g/mol. The van der Waals surface area contributed by atoms with Gasteiger partial charge in [-0.05, 0) is 73.2 Å². The lowest BCUT2D eigenvalue weighted by Crippen LogP contribution is -2.13. The summed E-state index contributed by atoms with van der Waals surface area (Å²) < 4.78 is 8.62. The number of primary amides is 1. The maximum atomic E-state index is 12.0. The number of nitrogens with two attached hydrogens (primary N) is 1. The highest BCUT2D eigenvalue weighted by molar-refractivity contribution is 7.22. The fourth-order valence-corrected chi connectivity index (χ4v) is 5.23. The topological polar surface area (TPSA) is 57.2 Å². The summed E-state index contributed by atoms with van der Waals surface area (Å²) in [7, 11) is 1.66. The van der Waals surface area contributed by atoms with Crippen molar-refractivity contribution in [3.8, 4) is 16.3 Å². The van der Waals surface area contributed by atoms with Crippen molar-refractivity contribution in [3.05, 3.63) is 75.9 Å². The van der Waals surface area contributed by atoms with Gasteiger partial charge >= 0.3 is 0 Å². The lowest BCUT2D eigenvalue weighted by atomic mass is 10.1. The molecule has 154 valence electrons. The van der Waals surface area contributed by atoms with Crippen LogP contribution in [0.1, 0.15) is 27.2 Å². The fourth-order valence-electron chi connectivity index (χ4n) is 3.84. The molecule has 0 bridgehead atoms. The van der Waals surface area contributed by atoms with Crippen LogP contribution in [0.3, 0.4) is 0 Å². The normalized spacial score (nSPS) is 11.2. The van der Waals surface area contributed by atoms with Gasteiger partial charge in [0.2, 0.25) is 0 Å². The molecule has 0 atom stereocenters. The summed E-state index contributed by atoms with van der Waals surface area (Å²) in [5.41, 5.74) is 10.5. The van der Waals surface area contributed by atoms with Crippen LogP contribution in [0.5, 0.6) is 5.75 Å². The molecule has 2 aromatic carbocycles. The number of thiophene rings is 1. The molecule has 0 aliphatic carbocycles. The third-order valence-electron chi connectivity index (χ3n) is 5.55. The number of rotatable bonds is 6. The number of carbonyl (C=O) groups excluding carboxylic acids is 1. The van der Waals surface area contributed by atoms with E-state index < -0.39 is 5.91 Å². The molecule has 0 radical (unpaired) electrons. The van der Waals surface area contributed by atoms with Crippen LogP contribution in [-0.2, 0) is 13.0 Å². The van der Waals surface area contributed by atoms with Crippen molar-refractivity contribution in [2.75, 3.05) is 7.11 Å². The Bertz CT molecular complexity index is 1240. The minimum Gasteiger partial charge on any atom is -0.497 e. The van der Waals surface area contributed by atoms with Gasteiger partial charge in [-0.25, -0.2) is 0 Å². The predicted molar refractivity (Wildman–Crippen MR) is 125 cm³/mol. The van der Waals surface area contributed by atoms with Crippen molar-refractivity contribution in [2.45, 2.75) is 26.8 Å². The number of halogens is 1. The summed E-state index contributed by atoms with van der Waals surface area (Å²) in [6, 6.07) is 15.9.